The number of carbonyl (C=O) groups excluding carboxylic acids is 1. The van der Waals surface area contributed by atoms with Gasteiger partial charge in [0.2, 0.25) is 5.91 Å². The molecule has 1 heterocycles. The molecular weight excluding hydrogens is 170 g/mol. The van der Waals surface area contributed by atoms with E-state index < -0.39 is 5.91 Å². The van der Waals surface area contributed by atoms with Crippen molar-refractivity contribution in [1.82, 2.24) is 10.3 Å². The summed E-state index contributed by atoms with van der Waals surface area (Å²) in [5, 5.41) is 7.25. The summed E-state index contributed by atoms with van der Waals surface area (Å²) in [6.07, 6.45) is 0. The zero-order valence-electron chi connectivity index (χ0n) is 6.94. The lowest BCUT2D eigenvalue weighted by Crippen LogP contribution is -2.12. The van der Waals surface area contributed by atoms with Crippen LogP contribution in [0.25, 0.3) is 11.0 Å². The first kappa shape index (κ1) is 7.72. The summed E-state index contributed by atoms with van der Waals surface area (Å²) in [5.41, 5.74) is 7.55. The van der Waals surface area contributed by atoms with Gasteiger partial charge in [-0.3, -0.25) is 4.79 Å². The van der Waals surface area contributed by atoms with Gasteiger partial charge >= 0.3 is 0 Å². The monoisotopic (exact) mass is 177 g/mol. The fraction of sp³-hybridized carbons (Fsp3) is 0.125. The fourth-order valence-electron chi connectivity index (χ4n) is 1.20. The van der Waals surface area contributed by atoms with Gasteiger partial charge in [0.05, 0.1) is 0 Å². The Balaban J connectivity index is 2.76. The molecule has 0 saturated carbocycles. The molecule has 13 heavy (non-hydrogen) atoms. The molecule has 5 heteroatoms. The van der Waals surface area contributed by atoms with Crippen LogP contribution in [0.3, 0.4) is 0 Å². The van der Waals surface area contributed by atoms with Crippen molar-refractivity contribution in [3.63, 3.8) is 0 Å². The molecule has 1 aromatic heterocycles. The van der Waals surface area contributed by atoms with E-state index >= 15 is 0 Å². The number of hydrogen-bond donors (Lipinski definition) is 1. The molecule has 2 N–H and O–H groups in total. The Morgan fingerprint density at radius 1 is 1.38 bits per heavy atom. The number of hydrogen-bond acceptors (Lipinski definition) is 4. The highest BCUT2D eigenvalue weighted by molar-refractivity contribution is 5.97. The van der Waals surface area contributed by atoms with Crippen LogP contribution in [0.15, 0.2) is 16.8 Å². The van der Waals surface area contributed by atoms with Crippen LogP contribution in [-0.4, -0.2) is 16.2 Å². The van der Waals surface area contributed by atoms with E-state index in [0.717, 1.165) is 5.56 Å². The van der Waals surface area contributed by atoms with Crippen LogP contribution in [0.1, 0.15) is 15.9 Å². The fourth-order valence-corrected chi connectivity index (χ4v) is 1.20. The number of benzene rings is 1. The molecule has 2 rings (SSSR count). The van der Waals surface area contributed by atoms with Crippen molar-refractivity contribution >= 4 is 16.9 Å². The Hall–Kier alpha value is -1.91. The molecule has 0 aliphatic heterocycles. The topological polar surface area (TPSA) is 82.0 Å². The average Bonchev–Trinajstić information content (AvgIpc) is 2.48. The highest BCUT2D eigenvalue weighted by atomic mass is 16.6. The first-order valence-corrected chi connectivity index (χ1v) is 3.71. The van der Waals surface area contributed by atoms with Crippen LogP contribution in [0, 0.1) is 6.92 Å². The maximum atomic E-state index is 10.9. The number of nitrogens with zero attached hydrogens (tertiary/aromatic N) is 2. The summed E-state index contributed by atoms with van der Waals surface area (Å²) in [4.78, 5) is 10.9. The van der Waals surface area contributed by atoms with E-state index in [1.165, 1.54) is 0 Å². The predicted octanol–water partition coefficient (Wildman–Crippen LogP) is 0.630. The van der Waals surface area contributed by atoms with Crippen molar-refractivity contribution in [3.8, 4) is 0 Å². The normalized spacial score (nSPS) is 10.5. The van der Waals surface area contributed by atoms with E-state index in [9.17, 15) is 4.79 Å². The highest BCUT2D eigenvalue weighted by Gasteiger charge is 2.09. The lowest BCUT2D eigenvalue weighted by molar-refractivity contribution is 0.1000. The van der Waals surface area contributed by atoms with Crippen LogP contribution < -0.4 is 5.73 Å². The summed E-state index contributed by atoms with van der Waals surface area (Å²) in [6.45, 7) is 1.79. The lowest BCUT2D eigenvalue weighted by Gasteiger charge is -1.98. The summed E-state index contributed by atoms with van der Waals surface area (Å²) >= 11 is 0. The van der Waals surface area contributed by atoms with E-state index in [2.05, 4.69) is 14.9 Å². The van der Waals surface area contributed by atoms with Gasteiger partial charge in [-0.05, 0) is 34.9 Å². The Labute approximate surface area is 73.5 Å². The molecule has 5 nitrogen and oxygen atoms in total. The van der Waals surface area contributed by atoms with E-state index in [-0.39, 0.29) is 0 Å². The second kappa shape index (κ2) is 2.55. The van der Waals surface area contributed by atoms with Gasteiger partial charge in [0.15, 0.2) is 0 Å². The molecule has 0 spiro atoms. The largest absolute Gasteiger partial charge is 0.366 e. The number of aryl methyl sites for hydroxylation is 1. The van der Waals surface area contributed by atoms with E-state index in [1.54, 1.807) is 19.1 Å². The number of amides is 1. The summed E-state index contributed by atoms with van der Waals surface area (Å²) < 4.78 is 4.50. The Morgan fingerprint density at radius 2 is 2.00 bits per heavy atom. The third-order valence-corrected chi connectivity index (χ3v) is 1.87. The van der Waals surface area contributed by atoms with Crippen molar-refractivity contribution in [2.75, 3.05) is 0 Å². The van der Waals surface area contributed by atoms with Gasteiger partial charge in [0, 0.05) is 5.56 Å². The number of nitrogens with two attached hydrogens (primary N) is 1. The molecule has 0 aliphatic carbocycles. The molecule has 0 fully saturated rings. The van der Waals surface area contributed by atoms with Gasteiger partial charge in [0.25, 0.3) is 0 Å². The van der Waals surface area contributed by atoms with Crippen molar-refractivity contribution < 1.29 is 9.42 Å². The molecule has 0 unspecified atom stereocenters. The maximum Gasteiger partial charge on any atom is 0.249 e. The molecule has 0 atom stereocenters. The van der Waals surface area contributed by atoms with Gasteiger partial charge < -0.3 is 5.73 Å². The van der Waals surface area contributed by atoms with Crippen LogP contribution >= 0.6 is 0 Å². The van der Waals surface area contributed by atoms with E-state index in [1.807, 2.05) is 0 Å². The maximum absolute atomic E-state index is 10.9. The molecule has 0 radical (unpaired) electrons. The second-order valence-corrected chi connectivity index (χ2v) is 2.78. The lowest BCUT2D eigenvalue weighted by atomic mass is 10.1. The zero-order valence-corrected chi connectivity index (χ0v) is 6.94. The predicted molar refractivity (Wildman–Crippen MR) is 45.1 cm³/mol. The van der Waals surface area contributed by atoms with E-state index in [4.69, 9.17) is 5.73 Å². The van der Waals surface area contributed by atoms with Crippen LogP contribution in [0.4, 0.5) is 0 Å². The molecule has 66 valence electrons. The highest BCUT2D eigenvalue weighted by Crippen LogP contribution is 2.15. The minimum atomic E-state index is -0.470. The van der Waals surface area contributed by atoms with Crippen molar-refractivity contribution in [2.24, 2.45) is 5.73 Å². The van der Waals surface area contributed by atoms with Gasteiger partial charge in [0.1, 0.15) is 11.0 Å². The van der Waals surface area contributed by atoms with Crippen molar-refractivity contribution in [3.05, 3.63) is 23.3 Å². The SMILES string of the molecule is Cc1cc2nonc2cc1C(N)=O. The summed E-state index contributed by atoms with van der Waals surface area (Å²) in [5.74, 6) is -0.470. The van der Waals surface area contributed by atoms with Crippen LogP contribution in [0.2, 0.25) is 0 Å². The molecule has 1 amide bonds. The van der Waals surface area contributed by atoms with Crippen molar-refractivity contribution in [2.45, 2.75) is 6.92 Å². The quantitative estimate of drug-likeness (QED) is 0.692. The van der Waals surface area contributed by atoms with Gasteiger partial charge in [-0.2, -0.15) is 0 Å². The second-order valence-electron chi connectivity index (χ2n) is 2.78. The Kier molecular flexibility index (Phi) is 1.51. The number of fused-ring (bicyclic) bond motifs is 1. The minimum absolute atomic E-state index is 0.447. The molecule has 0 aliphatic rings. The first-order chi connectivity index (χ1) is 6.18. The molecular formula is C8H7N3O2. The first-order valence-electron chi connectivity index (χ1n) is 3.71. The van der Waals surface area contributed by atoms with Gasteiger partial charge in [-0.1, -0.05) is 0 Å². The molecule has 2 aromatic rings. The summed E-state index contributed by atoms with van der Waals surface area (Å²) in [7, 11) is 0. The smallest absolute Gasteiger partial charge is 0.249 e. The Morgan fingerprint density at radius 3 is 2.62 bits per heavy atom. The average molecular weight is 177 g/mol. The van der Waals surface area contributed by atoms with Gasteiger partial charge in [-0.15, -0.1) is 0 Å². The van der Waals surface area contributed by atoms with E-state index in [0.29, 0.717) is 16.6 Å². The zero-order chi connectivity index (χ0) is 9.42. The Bertz CT molecular complexity index is 475. The van der Waals surface area contributed by atoms with Crippen LogP contribution in [0.5, 0.6) is 0 Å². The minimum Gasteiger partial charge on any atom is -0.366 e. The van der Waals surface area contributed by atoms with Crippen molar-refractivity contribution in [1.29, 1.82) is 0 Å². The number of rotatable bonds is 1. The molecule has 0 bridgehead atoms. The standard InChI is InChI=1S/C8H7N3O2/c1-4-2-6-7(11-13-10-6)3-5(4)8(9)12/h2-3H,1H3,(H2,9,12). The third kappa shape index (κ3) is 1.14. The molecule has 0 saturated heterocycles. The molecule has 1 aromatic carbocycles. The summed E-state index contributed by atoms with van der Waals surface area (Å²) in [6, 6.07) is 3.29. The van der Waals surface area contributed by atoms with Crippen LogP contribution in [-0.2, 0) is 0 Å². The number of aromatic nitrogens is 2. The van der Waals surface area contributed by atoms with Gasteiger partial charge in [-0.25, -0.2) is 4.63 Å². The number of carbonyl (C=O) groups is 1. The third-order valence-electron chi connectivity index (χ3n) is 1.87. The number of primary amides is 1.